The average Bonchev–Trinajstić information content (AvgIpc) is 3.58. The highest BCUT2D eigenvalue weighted by Crippen LogP contribution is 2.28. The Morgan fingerprint density at radius 2 is 1.24 bits per heavy atom. The predicted octanol–water partition coefficient (Wildman–Crippen LogP) is 7.27. The number of ketones is 1. The third-order valence-corrected chi connectivity index (χ3v) is 8.94. The van der Waals surface area contributed by atoms with Gasteiger partial charge in [0.25, 0.3) is 0 Å². The van der Waals surface area contributed by atoms with Gasteiger partial charge in [0.05, 0.1) is 30.5 Å². The van der Waals surface area contributed by atoms with E-state index in [1.807, 2.05) is 6.92 Å². The number of carbonyl (C=O) groups excluding carboxylic acids is 2. The van der Waals surface area contributed by atoms with Crippen molar-refractivity contribution in [2.45, 2.75) is 198 Å². The Balaban J connectivity index is 1.41. The maximum atomic E-state index is 12.2. The van der Waals surface area contributed by atoms with E-state index in [-0.39, 0.29) is 30.1 Å². The molecule has 0 saturated carbocycles. The van der Waals surface area contributed by atoms with Gasteiger partial charge in [-0.15, -0.1) is 0 Å². The Hall–Kier alpha value is -1.28. The van der Waals surface area contributed by atoms with Crippen LogP contribution in [-0.4, -0.2) is 63.7 Å². The summed E-state index contributed by atoms with van der Waals surface area (Å²) in [5.74, 6) is -0.0709. The molecular weight excluding hydrogens is 532 g/mol. The zero-order valence-electron chi connectivity index (χ0n) is 26.8. The van der Waals surface area contributed by atoms with Crippen LogP contribution in [0.2, 0.25) is 0 Å². The van der Waals surface area contributed by atoms with Crippen LogP contribution in [0.15, 0.2) is 11.6 Å². The Morgan fingerprint density at radius 3 is 1.79 bits per heavy atom. The van der Waals surface area contributed by atoms with Crippen molar-refractivity contribution in [3.63, 3.8) is 0 Å². The minimum atomic E-state index is -0.553. The normalized spacial score (nSPS) is 22.6. The van der Waals surface area contributed by atoms with Gasteiger partial charge < -0.3 is 24.8 Å². The molecule has 0 radical (unpaired) electrons. The van der Waals surface area contributed by atoms with Gasteiger partial charge in [0.15, 0.2) is 0 Å². The van der Waals surface area contributed by atoms with Crippen molar-refractivity contribution in [1.29, 1.82) is 0 Å². The van der Waals surface area contributed by atoms with Crippen molar-refractivity contribution in [3.8, 4) is 0 Å². The monoisotopic (exact) mass is 594 g/mol. The zero-order valence-corrected chi connectivity index (χ0v) is 26.8. The number of ether oxygens (including phenoxy) is 2. The lowest BCUT2D eigenvalue weighted by molar-refractivity contribution is -0.139. The van der Waals surface area contributed by atoms with E-state index in [4.69, 9.17) is 9.47 Å². The fraction of sp³-hybridized carbons (Fsp3) is 0.886. The highest BCUT2D eigenvalue weighted by molar-refractivity contribution is 5.90. The van der Waals surface area contributed by atoms with Crippen molar-refractivity contribution in [1.82, 2.24) is 0 Å². The number of cyclic esters (lactones) is 1. The molecule has 0 bridgehead atoms. The first-order valence-corrected chi connectivity index (χ1v) is 17.4. The molecule has 2 rings (SSSR count). The SMILES string of the molecule is CCCCCCCCCCCC[C@@H](O)[C@H]1CC[C@H]([C@@H](O)CCCCC(=O)CCCCC[C@@H](O)CC2=C[C@H](C)OC2=O)O1. The van der Waals surface area contributed by atoms with Gasteiger partial charge in [0.2, 0.25) is 0 Å². The molecule has 0 aromatic heterocycles. The standard InChI is InChI=1S/C35H62O7/c1-3-4-5-6-7-8-9-10-11-15-21-31(38)33-23-24-34(42-33)32(39)22-17-16-19-29(36)18-13-12-14-20-30(37)26-28-25-27(2)41-35(28)40/h25,27,30-34,37-39H,3-24,26H2,1-2H3/t27-,30+,31+,32-,33+,34+/m0/s1. The lowest BCUT2D eigenvalue weighted by atomic mass is 9.99. The fourth-order valence-electron chi connectivity index (χ4n) is 6.28. The number of aliphatic hydroxyl groups excluding tert-OH is 3. The van der Waals surface area contributed by atoms with Gasteiger partial charge in [0.1, 0.15) is 11.9 Å². The number of aliphatic hydroxyl groups is 3. The van der Waals surface area contributed by atoms with Crippen molar-refractivity contribution < 1.29 is 34.4 Å². The maximum absolute atomic E-state index is 12.2. The molecule has 1 fully saturated rings. The maximum Gasteiger partial charge on any atom is 0.334 e. The number of rotatable bonds is 26. The fourth-order valence-corrected chi connectivity index (χ4v) is 6.28. The van der Waals surface area contributed by atoms with Gasteiger partial charge in [0, 0.05) is 24.8 Å². The molecule has 0 aromatic carbocycles. The van der Waals surface area contributed by atoms with Crippen molar-refractivity contribution in [2.75, 3.05) is 0 Å². The second-order valence-electron chi connectivity index (χ2n) is 12.9. The summed E-state index contributed by atoms with van der Waals surface area (Å²) in [6.07, 6.45) is 21.6. The summed E-state index contributed by atoms with van der Waals surface area (Å²) in [5, 5.41) is 31.3. The first-order valence-electron chi connectivity index (χ1n) is 17.4. The molecule has 1 saturated heterocycles. The second kappa shape index (κ2) is 22.3. The molecule has 6 atom stereocenters. The van der Waals surface area contributed by atoms with E-state index in [0.717, 1.165) is 57.8 Å². The lowest BCUT2D eigenvalue weighted by Gasteiger charge is -2.22. The minimum absolute atomic E-state index is 0.161. The van der Waals surface area contributed by atoms with Crippen LogP contribution in [0.25, 0.3) is 0 Å². The third-order valence-electron chi connectivity index (χ3n) is 8.94. The summed E-state index contributed by atoms with van der Waals surface area (Å²) in [6, 6.07) is 0. The van der Waals surface area contributed by atoms with Crippen LogP contribution < -0.4 is 0 Å². The smallest absolute Gasteiger partial charge is 0.334 e. The number of Topliss-reactive ketones (excluding diaryl/α,β-unsaturated/α-hetero) is 1. The molecule has 7 heteroatoms. The van der Waals surface area contributed by atoms with Gasteiger partial charge in [-0.2, -0.15) is 0 Å². The molecule has 7 nitrogen and oxygen atoms in total. The molecule has 244 valence electrons. The van der Waals surface area contributed by atoms with Crippen LogP contribution >= 0.6 is 0 Å². The molecule has 2 aliphatic heterocycles. The first kappa shape index (κ1) is 36.9. The average molecular weight is 595 g/mol. The first-order chi connectivity index (χ1) is 20.3. The molecule has 0 unspecified atom stereocenters. The molecule has 2 aliphatic rings. The third kappa shape index (κ3) is 16.0. The lowest BCUT2D eigenvalue weighted by Crippen LogP contribution is -2.31. The van der Waals surface area contributed by atoms with Gasteiger partial charge in [-0.3, -0.25) is 4.79 Å². The van der Waals surface area contributed by atoms with Crippen LogP contribution in [0, 0.1) is 0 Å². The molecule has 0 aliphatic carbocycles. The number of unbranched alkanes of at least 4 members (excludes halogenated alkanes) is 12. The predicted molar refractivity (Wildman–Crippen MR) is 167 cm³/mol. The Bertz CT molecular complexity index is 766. The van der Waals surface area contributed by atoms with Crippen molar-refractivity contribution in [3.05, 3.63) is 11.6 Å². The van der Waals surface area contributed by atoms with E-state index in [1.54, 1.807) is 6.08 Å². The molecule has 0 spiro atoms. The number of esters is 1. The summed E-state index contributed by atoms with van der Waals surface area (Å²) in [6.45, 7) is 4.06. The largest absolute Gasteiger partial charge is 0.455 e. The van der Waals surface area contributed by atoms with Crippen molar-refractivity contribution >= 4 is 11.8 Å². The van der Waals surface area contributed by atoms with E-state index >= 15 is 0 Å². The number of carbonyl (C=O) groups is 2. The van der Waals surface area contributed by atoms with E-state index in [2.05, 4.69) is 6.92 Å². The number of hydrogen-bond donors (Lipinski definition) is 3. The summed E-state index contributed by atoms with van der Waals surface area (Å²) >= 11 is 0. The van der Waals surface area contributed by atoms with Gasteiger partial charge >= 0.3 is 5.97 Å². The van der Waals surface area contributed by atoms with E-state index < -0.39 is 18.3 Å². The highest BCUT2D eigenvalue weighted by atomic mass is 16.5. The Labute approximate surface area is 255 Å². The molecule has 42 heavy (non-hydrogen) atoms. The van der Waals surface area contributed by atoms with Gasteiger partial charge in [-0.1, -0.05) is 90.4 Å². The van der Waals surface area contributed by atoms with Gasteiger partial charge in [-0.25, -0.2) is 4.79 Å². The molecular formula is C35H62O7. The second-order valence-corrected chi connectivity index (χ2v) is 12.9. The quantitative estimate of drug-likeness (QED) is 0.0713. The minimum Gasteiger partial charge on any atom is -0.455 e. The Morgan fingerprint density at radius 1 is 0.762 bits per heavy atom. The summed E-state index contributed by atoms with van der Waals surface area (Å²) in [7, 11) is 0. The van der Waals surface area contributed by atoms with E-state index in [1.165, 1.54) is 57.8 Å². The topological polar surface area (TPSA) is 113 Å². The van der Waals surface area contributed by atoms with Crippen LogP contribution in [0.5, 0.6) is 0 Å². The molecule has 2 heterocycles. The molecule has 3 N–H and O–H groups in total. The number of hydrogen-bond acceptors (Lipinski definition) is 7. The van der Waals surface area contributed by atoms with E-state index in [0.29, 0.717) is 37.7 Å². The molecule has 0 aromatic rings. The zero-order chi connectivity index (χ0) is 30.6. The van der Waals surface area contributed by atoms with Crippen molar-refractivity contribution in [2.24, 2.45) is 0 Å². The summed E-state index contributed by atoms with van der Waals surface area (Å²) < 4.78 is 11.1. The van der Waals surface area contributed by atoms with Crippen LogP contribution in [0.1, 0.15) is 162 Å². The van der Waals surface area contributed by atoms with Gasteiger partial charge in [-0.05, 0) is 57.9 Å². The Kier molecular flexibility index (Phi) is 19.6. The highest BCUT2D eigenvalue weighted by Gasteiger charge is 2.34. The van der Waals surface area contributed by atoms with Crippen LogP contribution in [-0.2, 0) is 19.1 Å². The van der Waals surface area contributed by atoms with E-state index in [9.17, 15) is 24.9 Å². The summed E-state index contributed by atoms with van der Waals surface area (Å²) in [4.78, 5) is 23.9. The van der Waals surface area contributed by atoms with Crippen LogP contribution in [0.3, 0.4) is 0 Å². The molecule has 0 amide bonds. The van der Waals surface area contributed by atoms with Crippen LogP contribution in [0.4, 0.5) is 0 Å². The summed E-state index contributed by atoms with van der Waals surface area (Å²) in [5.41, 5.74) is 0.562.